The summed E-state index contributed by atoms with van der Waals surface area (Å²) in [4.78, 5) is 26.2. The Labute approximate surface area is 174 Å². The summed E-state index contributed by atoms with van der Waals surface area (Å²) in [5.41, 5.74) is 4.79. The van der Waals surface area contributed by atoms with E-state index in [2.05, 4.69) is 17.4 Å². The summed E-state index contributed by atoms with van der Waals surface area (Å²) in [7, 11) is 1.38. The zero-order valence-corrected chi connectivity index (χ0v) is 17.2. The molecular formula is C24H23NO3S. The fraction of sp³-hybridized carbons (Fsp3) is 0.250. The highest BCUT2D eigenvalue weighted by atomic mass is 32.1. The molecule has 1 aliphatic rings. The molecule has 3 aromatic rings. The number of aryl methyl sites for hydroxylation is 1. The lowest BCUT2D eigenvalue weighted by atomic mass is 9.95. The maximum absolute atomic E-state index is 12.7. The highest BCUT2D eigenvalue weighted by Crippen LogP contribution is 2.38. The van der Waals surface area contributed by atoms with Crippen molar-refractivity contribution in [1.29, 1.82) is 0 Å². The monoisotopic (exact) mass is 405 g/mol. The van der Waals surface area contributed by atoms with Crippen LogP contribution in [0.1, 0.15) is 39.2 Å². The molecule has 0 unspecified atom stereocenters. The number of amides is 1. The van der Waals surface area contributed by atoms with Gasteiger partial charge in [0.15, 0.2) is 0 Å². The molecule has 0 saturated heterocycles. The van der Waals surface area contributed by atoms with Crippen LogP contribution in [-0.4, -0.2) is 19.0 Å². The summed E-state index contributed by atoms with van der Waals surface area (Å²) in [6.45, 7) is 0. The molecule has 148 valence electrons. The predicted octanol–water partition coefficient (Wildman–Crippen LogP) is 5.26. The average Bonchev–Trinajstić information content (AvgIpc) is 3.12. The molecule has 0 radical (unpaired) electrons. The van der Waals surface area contributed by atoms with Crippen LogP contribution in [0.5, 0.6) is 0 Å². The second kappa shape index (κ2) is 8.62. The minimum Gasteiger partial charge on any atom is -0.465 e. The number of methoxy groups -OCH3 is 1. The molecule has 4 nitrogen and oxygen atoms in total. The van der Waals surface area contributed by atoms with E-state index in [0.29, 0.717) is 10.6 Å². The Hall–Kier alpha value is -2.92. The highest BCUT2D eigenvalue weighted by Gasteiger charge is 2.26. The van der Waals surface area contributed by atoms with Crippen LogP contribution in [0.3, 0.4) is 0 Å². The number of ether oxygens (including phenoxy) is 1. The molecule has 0 bridgehead atoms. The van der Waals surface area contributed by atoms with Gasteiger partial charge in [-0.1, -0.05) is 54.6 Å². The first-order valence-electron chi connectivity index (χ1n) is 9.83. The largest absolute Gasteiger partial charge is 0.465 e. The number of carbonyl (C=O) groups is 2. The second-order valence-electron chi connectivity index (χ2n) is 7.19. The van der Waals surface area contributed by atoms with E-state index < -0.39 is 0 Å². The Balaban J connectivity index is 1.49. The Morgan fingerprint density at radius 1 is 0.966 bits per heavy atom. The fourth-order valence-corrected chi connectivity index (χ4v) is 5.07. The van der Waals surface area contributed by atoms with Gasteiger partial charge in [0.25, 0.3) is 0 Å². The molecule has 1 amide bonds. The van der Waals surface area contributed by atoms with Crippen molar-refractivity contribution in [3.8, 4) is 11.1 Å². The van der Waals surface area contributed by atoms with E-state index in [1.165, 1.54) is 23.3 Å². The third-order valence-electron chi connectivity index (χ3n) is 5.24. The lowest BCUT2D eigenvalue weighted by Gasteiger charge is -2.11. The Morgan fingerprint density at radius 3 is 2.38 bits per heavy atom. The molecule has 29 heavy (non-hydrogen) atoms. The van der Waals surface area contributed by atoms with Gasteiger partial charge < -0.3 is 10.1 Å². The molecule has 5 heteroatoms. The van der Waals surface area contributed by atoms with Gasteiger partial charge in [-0.05, 0) is 47.9 Å². The third kappa shape index (κ3) is 4.25. The van der Waals surface area contributed by atoms with Crippen LogP contribution in [0.25, 0.3) is 11.1 Å². The van der Waals surface area contributed by atoms with Crippen molar-refractivity contribution in [3.05, 3.63) is 76.2 Å². The zero-order valence-electron chi connectivity index (χ0n) is 16.4. The summed E-state index contributed by atoms with van der Waals surface area (Å²) < 4.78 is 4.97. The maximum Gasteiger partial charge on any atom is 0.341 e. The quantitative estimate of drug-likeness (QED) is 0.589. The number of nitrogens with one attached hydrogen (secondary N) is 1. The van der Waals surface area contributed by atoms with Gasteiger partial charge in [-0.25, -0.2) is 4.79 Å². The van der Waals surface area contributed by atoms with Crippen molar-refractivity contribution in [2.45, 2.75) is 32.1 Å². The number of thiophene rings is 1. The predicted molar refractivity (Wildman–Crippen MR) is 117 cm³/mol. The van der Waals surface area contributed by atoms with Gasteiger partial charge in [0.2, 0.25) is 5.91 Å². The van der Waals surface area contributed by atoms with Crippen molar-refractivity contribution in [2.24, 2.45) is 0 Å². The van der Waals surface area contributed by atoms with Crippen LogP contribution in [0, 0.1) is 0 Å². The summed E-state index contributed by atoms with van der Waals surface area (Å²) >= 11 is 1.51. The smallest absolute Gasteiger partial charge is 0.341 e. The highest BCUT2D eigenvalue weighted by molar-refractivity contribution is 7.17. The van der Waals surface area contributed by atoms with Crippen molar-refractivity contribution in [3.63, 3.8) is 0 Å². The number of hydrogen-bond donors (Lipinski definition) is 1. The number of esters is 1. The lowest BCUT2D eigenvalue weighted by molar-refractivity contribution is -0.115. The number of benzene rings is 2. The molecule has 1 heterocycles. The van der Waals surface area contributed by atoms with E-state index in [-0.39, 0.29) is 18.3 Å². The minimum absolute atomic E-state index is 0.124. The summed E-state index contributed by atoms with van der Waals surface area (Å²) in [6, 6.07) is 18.2. The molecule has 0 atom stereocenters. The van der Waals surface area contributed by atoms with Crippen LogP contribution in [0.15, 0.2) is 54.6 Å². The molecule has 0 spiro atoms. The normalized spacial score (nSPS) is 12.9. The van der Waals surface area contributed by atoms with Gasteiger partial charge in [-0.2, -0.15) is 0 Å². The van der Waals surface area contributed by atoms with Gasteiger partial charge in [0.1, 0.15) is 5.00 Å². The molecule has 0 saturated carbocycles. The molecule has 4 rings (SSSR count). The van der Waals surface area contributed by atoms with E-state index in [4.69, 9.17) is 4.74 Å². The Morgan fingerprint density at radius 2 is 1.66 bits per heavy atom. The van der Waals surface area contributed by atoms with Gasteiger partial charge in [0, 0.05) is 4.88 Å². The van der Waals surface area contributed by atoms with Crippen LogP contribution in [0.4, 0.5) is 5.00 Å². The van der Waals surface area contributed by atoms with Crippen molar-refractivity contribution >= 4 is 28.2 Å². The standard InChI is InChI=1S/C24H23NO3S/c1-28-24(27)22-19-9-5-6-10-20(19)29-23(22)25-21(26)15-16-11-13-18(14-12-16)17-7-3-2-4-8-17/h2-4,7-8,11-14H,5-6,9-10,15H2,1H3,(H,25,26). The van der Waals surface area contributed by atoms with Crippen LogP contribution >= 0.6 is 11.3 Å². The molecule has 0 fully saturated rings. The molecule has 1 aromatic heterocycles. The molecule has 0 aliphatic heterocycles. The lowest BCUT2D eigenvalue weighted by Crippen LogP contribution is -2.16. The van der Waals surface area contributed by atoms with Crippen molar-refractivity contribution in [1.82, 2.24) is 0 Å². The summed E-state index contributed by atoms with van der Waals surface area (Å²) in [5.74, 6) is -0.492. The van der Waals surface area contributed by atoms with E-state index in [1.54, 1.807) is 0 Å². The number of carbonyl (C=O) groups excluding carboxylic acids is 2. The van der Waals surface area contributed by atoms with E-state index in [9.17, 15) is 9.59 Å². The average molecular weight is 406 g/mol. The van der Waals surface area contributed by atoms with Crippen molar-refractivity contribution < 1.29 is 14.3 Å². The van der Waals surface area contributed by atoms with E-state index in [1.807, 2.05) is 42.5 Å². The Kier molecular flexibility index (Phi) is 5.76. The zero-order chi connectivity index (χ0) is 20.2. The third-order valence-corrected chi connectivity index (χ3v) is 6.45. The first-order valence-corrected chi connectivity index (χ1v) is 10.6. The first kappa shape index (κ1) is 19.4. The van der Waals surface area contributed by atoms with Crippen LogP contribution in [-0.2, 0) is 28.8 Å². The van der Waals surface area contributed by atoms with Gasteiger partial charge in [0.05, 0.1) is 19.1 Å². The number of hydrogen-bond acceptors (Lipinski definition) is 4. The van der Waals surface area contributed by atoms with Crippen molar-refractivity contribution in [2.75, 3.05) is 12.4 Å². The minimum atomic E-state index is -0.369. The van der Waals surface area contributed by atoms with Gasteiger partial charge in [-0.15, -0.1) is 11.3 Å². The van der Waals surface area contributed by atoms with Crippen LogP contribution in [0.2, 0.25) is 0 Å². The number of fused-ring (bicyclic) bond motifs is 1. The molecule has 1 aliphatic carbocycles. The fourth-order valence-electron chi connectivity index (χ4n) is 3.77. The second-order valence-corrected chi connectivity index (χ2v) is 8.30. The molecular weight excluding hydrogens is 382 g/mol. The Bertz CT molecular complexity index is 1020. The van der Waals surface area contributed by atoms with Crippen LogP contribution < -0.4 is 5.32 Å². The summed E-state index contributed by atoms with van der Waals surface area (Å²) in [5, 5.41) is 3.58. The number of rotatable bonds is 5. The van der Waals surface area contributed by atoms with E-state index in [0.717, 1.165) is 47.9 Å². The number of anilines is 1. The maximum atomic E-state index is 12.7. The summed E-state index contributed by atoms with van der Waals surface area (Å²) in [6.07, 6.45) is 4.27. The van der Waals surface area contributed by atoms with Gasteiger partial charge in [-0.3, -0.25) is 4.79 Å². The topological polar surface area (TPSA) is 55.4 Å². The SMILES string of the molecule is COC(=O)c1c(NC(=O)Cc2ccc(-c3ccccc3)cc2)sc2c1CCCC2. The molecule has 1 N–H and O–H groups in total. The van der Waals surface area contributed by atoms with Gasteiger partial charge >= 0.3 is 5.97 Å². The van der Waals surface area contributed by atoms with E-state index >= 15 is 0 Å². The first-order chi connectivity index (χ1) is 14.2. The molecule has 2 aromatic carbocycles.